The molecule has 2 aromatic carbocycles. The van der Waals surface area contributed by atoms with Crippen LogP contribution in [-0.2, 0) is 7.05 Å². The number of benzene rings is 2. The summed E-state index contributed by atoms with van der Waals surface area (Å²) in [5, 5.41) is 20.6. The van der Waals surface area contributed by atoms with E-state index in [2.05, 4.69) is 4.98 Å². The average molecular weight is 384 g/mol. The van der Waals surface area contributed by atoms with Gasteiger partial charge in [-0.15, -0.1) is 0 Å². The number of pyridine rings is 1. The molecular weight excluding hydrogens is 368 g/mol. The number of rotatable bonds is 2. The molecule has 0 spiro atoms. The predicted molar refractivity (Wildman–Crippen MR) is 109 cm³/mol. The summed E-state index contributed by atoms with van der Waals surface area (Å²) >= 11 is 0. The van der Waals surface area contributed by atoms with Crippen molar-refractivity contribution in [3.8, 4) is 28.5 Å². The highest BCUT2D eigenvalue weighted by molar-refractivity contribution is 6.17. The number of phenols is 2. The molecule has 6 heteroatoms. The lowest BCUT2D eigenvalue weighted by Crippen LogP contribution is -1.99. The summed E-state index contributed by atoms with van der Waals surface area (Å²) in [5.41, 5.74) is 3.49. The van der Waals surface area contributed by atoms with Gasteiger partial charge >= 0.3 is 0 Å². The van der Waals surface area contributed by atoms with Crippen molar-refractivity contribution in [2.45, 2.75) is 0 Å². The van der Waals surface area contributed by atoms with Crippen molar-refractivity contribution in [1.82, 2.24) is 9.55 Å². The minimum absolute atomic E-state index is 0.0497. The summed E-state index contributed by atoms with van der Waals surface area (Å²) in [7, 11) is 1.93. The maximum Gasteiger partial charge on any atom is 0.235 e. The first kappa shape index (κ1) is 17.1. The number of aromatic hydroxyl groups is 2. The Morgan fingerprint density at radius 1 is 1.07 bits per heavy atom. The minimum atomic E-state index is -0.433. The van der Waals surface area contributed by atoms with E-state index >= 15 is 0 Å². The Kier molecular flexibility index (Phi) is 3.67. The minimum Gasteiger partial charge on any atom is -0.508 e. The second kappa shape index (κ2) is 6.24. The summed E-state index contributed by atoms with van der Waals surface area (Å²) in [4.78, 5) is 17.3. The number of hydrogen-bond acceptors (Lipinski definition) is 5. The number of aromatic nitrogens is 2. The van der Waals surface area contributed by atoms with Gasteiger partial charge in [-0.05, 0) is 23.8 Å². The number of ketones is 1. The maximum absolute atomic E-state index is 12.9. The number of allylic oxidation sites excluding steroid dienone is 1. The first-order valence-electron chi connectivity index (χ1n) is 9.03. The molecule has 1 aliphatic heterocycles. The number of nitrogens with zero attached hydrogens (tertiary/aromatic N) is 2. The molecule has 0 atom stereocenters. The van der Waals surface area contributed by atoms with Crippen LogP contribution in [0.4, 0.5) is 0 Å². The van der Waals surface area contributed by atoms with Gasteiger partial charge in [0.15, 0.2) is 5.76 Å². The molecule has 0 radical (unpaired) electrons. The van der Waals surface area contributed by atoms with Crippen molar-refractivity contribution >= 4 is 22.9 Å². The molecule has 1 aliphatic rings. The van der Waals surface area contributed by atoms with Crippen LogP contribution in [0.5, 0.6) is 17.2 Å². The van der Waals surface area contributed by atoms with E-state index < -0.39 is 5.78 Å². The molecule has 29 heavy (non-hydrogen) atoms. The molecule has 0 saturated heterocycles. The third-order valence-corrected chi connectivity index (χ3v) is 5.04. The van der Waals surface area contributed by atoms with Crippen molar-refractivity contribution in [3.05, 3.63) is 77.7 Å². The zero-order chi connectivity index (χ0) is 20.1. The fourth-order valence-corrected chi connectivity index (χ4v) is 3.79. The Morgan fingerprint density at radius 2 is 1.86 bits per heavy atom. The lowest BCUT2D eigenvalue weighted by Gasteiger charge is -2.06. The molecule has 4 aromatic rings. The van der Waals surface area contributed by atoms with Crippen molar-refractivity contribution in [3.63, 3.8) is 0 Å². The first-order valence-corrected chi connectivity index (χ1v) is 9.03. The highest BCUT2D eigenvalue weighted by Crippen LogP contribution is 2.42. The SMILES string of the molecule is Cn1c(-c2ccccc2)c(/C=C2\Oc3cc(O)cc(O)c3C2=O)c2cccnc21. The number of aryl methyl sites for hydroxylation is 1. The van der Waals surface area contributed by atoms with E-state index in [4.69, 9.17) is 4.74 Å². The van der Waals surface area contributed by atoms with Crippen LogP contribution in [-0.4, -0.2) is 25.5 Å². The lowest BCUT2D eigenvalue weighted by molar-refractivity contribution is 0.101. The van der Waals surface area contributed by atoms with Gasteiger partial charge in [-0.2, -0.15) is 0 Å². The molecule has 0 fully saturated rings. The maximum atomic E-state index is 12.9. The van der Waals surface area contributed by atoms with Gasteiger partial charge < -0.3 is 19.5 Å². The van der Waals surface area contributed by atoms with Crippen LogP contribution in [0.15, 0.2) is 66.6 Å². The predicted octanol–water partition coefficient (Wildman–Crippen LogP) is 4.27. The van der Waals surface area contributed by atoms with Gasteiger partial charge in [0, 0.05) is 36.3 Å². The fourth-order valence-electron chi connectivity index (χ4n) is 3.79. The number of phenolic OH excluding ortho intramolecular Hbond substituents is 2. The van der Waals surface area contributed by atoms with Crippen molar-refractivity contribution in [2.24, 2.45) is 7.05 Å². The van der Waals surface area contributed by atoms with Gasteiger partial charge in [-0.3, -0.25) is 4.79 Å². The van der Waals surface area contributed by atoms with Crippen molar-refractivity contribution in [1.29, 1.82) is 0 Å². The van der Waals surface area contributed by atoms with Crippen LogP contribution in [0.2, 0.25) is 0 Å². The van der Waals surface area contributed by atoms with Gasteiger partial charge in [-0.25, -0.2) is 4.98 Å². The van der Waals surface area contributed by atoms with E-state index in [1.807, 2.05) is 54.1 Å². The third-order valence-electron chi connectivity index (χ3n) is 5.04. The van der Waals surface area contributed by atoms with E-state index in [9.17, 15) is 15.0 Å². The smallest absolute Gasteiger partial charge is 0.235 e. The van der Waals surface area contributed by atoms with Gasteiger partial charge in [0.1, 0.15) is 28.5 Å². The van der Waals surface area contributed by atoms with E-state index in [1.165, 1.54) is 6.07 Å². The molecule has 3 heterocycles. The Bertz CT molecular complexity index is 1320. The molecule has 2 aromatic heterocycles. The third kappa shape index (κ3) is 2.57. The quantitative estimate of drug-likeness (QED) is 0.504. The second-order valence-corrected chi connectivity index (χ2v) is 6.84. The number of fused-ring (bicyclic) bond motifs is 2. The van der Waals surface area contributed by atoms with Gasteiger partial charge in [0.25, 0.3) is 0 Å². The van der Waals surface area contributed by atoms with E-state index in [0.29, 0.717) is 0 Å². The highest BCUT2D eigenvalue weighted by Gasteiger charge is 2.32. The summed E-state index contributed by atoms with van der Waals surface area (Å²) in [6.07, 6.45) is 3.40. The lowest BCUT2D eigenvalue weighted by atomic mass is 10.0. The van der Waals surface area contributed by atoms with E-state index in [-0.39, 0.29) is 28.6 Å². The zero-order valence-corrected chi connectivity index (χ0v) is 15.5. The van der Waals surface area contributed by atoms with Crippen LogP contribution in [0.25, 0.3) is 28.4 Å². The van der Waals surface area contributed by atoms with Crippen LogP contribution < -0.4 is 4.74 Å². The average Bonchev–Trinajstić information content (AvgIpc) is 3.17. The standard InChI is InChI=1S/C23H16N2O4/c1-25-21(13-6-3-2-4-7-13)16(15-8-5-9-24-23(15)25)12-19-22(28)20-17(27)10-14(26)11-18(20)29-19/h2-12,26-27H,1H3/b19-12-. The molecule has 5 rings (SSSR count). The van der Waals surface area contributed by atoms with Crippen molar-refractivity contribution in [2.75, 3.05) is 0 Å². The summed E-state index contributed by atoms with van der Waals surface area (Å²) in [6, 6.07) is 16.1. The van der Waals surface area contributed by atoms with Crippen LogP contribution in [0, 0.1) is 0 Å². The summed E-state index contributed by atoms with van der Waals surface area (Å²) in [6.45, 7) is 0. The number of Topliss-reactive ketones (excluding diaryl/α,β-unsaturated/α-hetero) is 1. The molecule has 2 N–H and O–H groups in total. The van der Waals surface area contributed by atoms with Crippen molar-refractivity contribution < 1.29 is 19.7 Å². The Balaban J connectivity index is 1.74. The van der Waals surface area contributed by atoms with Gasteiger partial charge in [0.2, 0.25) is 5.78 Å². The van der Waals surface area contributed by atoms with Gasteiger partial charge in [-0.1, -0.05) is 30.3 Å². The van der Waals surface area contributed by atoms with Crippen LogP contribution >= 0.6 is 0 Å². The molecule has 0 aliphatic carbocycles. The van der Waals surface area contributed by atoms with Crippen LogP contribution in [0.1, 0.15) is 15.9 Å². The first-order chi connectivity index (χ1) is 14.0. The highest BCUT2D eigenvalue weighted by atomic mass is 16.5. The zero-order valence-electron chi connectivity index (χ0n) is 15.5. The Morgan fingerprint density at radius 3 is 2.66 bits per heavy atom. The number of hydrogen-bond donors (Lipinski definition) is 2. The van der Waals surface area contributed by atoms with Crippen LogP contribution in [0.3, 0.4) is 0 Å². The summed E-state index contributed by atoms with van der Waals surface area (Å²) < 4.78 is 7.67. The number of ether oxygens (including phenoxy) is 1. The van der Waals surface area contributed by atoms with E-state index in [0.717, 1.165) is 33.9 Å². The van der Waals surface area contributed by atoms with Gasteiger partial charge in [0.05, 0.1) is 5.69 Å². The monoisotopic (exact) mass is 384 g/mol. The Hall–Kier alpha value is -4.06. The number of carbonyl (C=O) groups is 1. The molecule has 0 saturated carbocycles. The molecule has 6 nitrogen and oxygen atoms in total. The second-order valence-electron chi connectivity index (χ2n) is 6.84. The fraction of sp³-hybridized carbons (Fsp3) is 0.0435. The molecular formula is C23H16N2O4. The normalized spacial score (nSPS) is 14.4. The van der Waals surface area contributed by atoms with E-state index in [1.54, 1.807) is 12.3 Å². The molecule has 0 unspecified atom stereocenters. The topological polar surface area (TPSA) is 84.6 Å². The molecule has 0 amide bonds. The Labute approximate surface area is 165 Å². The molecule has 142 valence electrons. The largest absolute Gasteiger partial charge is 0.508 e. The number of carbonyl (C=O) groups excluding carboxylic acids is 1. The summed E-state index contributed by atoms with van der Waals surface area (Å²) in [5.74, 6) is -0.698. The molecule has 0 bridgehead atoms.